The topological polar surface area (TPSA) is 59.3 Å². The van der Waals surface area contributed by atoms with E-state index in [2.05, 4.69) is 31.8 Å². The summed E-state index contributed by atoms with van der Waals surface area (Å²) in [6.07, 6.45) is 2.44. The molecular formula is C20H23FN6. The molecule has 0 radical (unpaired) electrons. The molecule has 6 nitrogen and oxygen atoms in total. The number of aryl methyl sites for hydroxylation is 1. The molecule has 0 saturated carbocycles. The van der Waals surface area contributed by atoms with E-state index in [9.17, 15) is 9.65 Å². The van der Waals surface area contributed by atoms with Crippen LogP contribution < -0.4 is 14.7 Å². The number of hydrogen-bond donors (Lipinski definition) is 0. The summed E-state index contributed by atoms with van der Waals surface area (Å²) in [4.78, 5) is 16.1. The Morgan fingerprint density at radius 1 is 0.926 bits per heavy atom. The third-order valence-corrected chi connectivity index (χ3v) is 5.24. The van der Waals surface area contributed by atoms with Gasteiger partial charge >= 0.3 is 0 Å². The second-order valence-corrected chi connectivity index (χ2v) is 7.11. The van der Waals surface area contributed by atoms with Crippen LogP contribution in [0, 0.1) is 24.1 Å². The van der Waals surface area contributed by atoms with Crippen LogP contribution in [0.25, 0.3) is 0 Å². The minimum absolute atomic E-state index is 0.378. The number of rotatable bonds is 3. The molecule has 0 amide bonds. The lowest BCUT2D eigenvalue weighted by atomic mass is 10.1. The zero-order valence-electron chi connectivity index (χ0n) is 15.5. The van der Waals surface area contributed by atoms with Crippen LogP contribution in [0.3, 0.4) is 0 Å². The van der Waals surface area contributed by atoms with Gasteiger partial charge in [0.1, 0.15) is 17.7 Å². The largest absolute Gasteiger partial charge is 0.367 e. The van der Waals surface area contributed by atoms with Gasteiger partial charge in [-0.25, -0.2) is 9.37 Å². The summed E-state index contributed by atoms with van der Waals surface area (Å²) in [6, 6.07) is 8.56. The predicted molar refractivity (Wildman–Crippen MR) is 104 cm³/mol. The third-order valence-electron chi connectivity index (χ3n) is 5.24. The molecule has 0 bridgehead atoms. The van der Waals surface area contributed by atoms with Crippen LogP contribution in [0.4, 0.5) is 21.8 Å². The number of aromatic nitrogens is 2. The first-order valence-corrected chi connectivity index (χ1v) is 9.44. The van der Waals surface area contributed by atoms with Crippen molar-refractivity contribution in [1.82, 2.24) is 9.97 Å². The molecule has 0 spiro atoms. The van der Waals surface area contributed by atoms with Gasteiger partial charge < -0.3 is 14.7 Å². The molecule has 2 aliphatic heterocycles. The molecule has 140 valence electrons. The van der Waals surface area contributed by atoms with E-state index < -0.39 is 0 Å². The van der Waals surface area contributed by atoms with Crippen molar-refractivity contribution in [1.29, 1.82) is 5.26 Å². The number of anilines is 3. The quantitative estimate of drug-likeness (QED) is 0.832. The van der Waals surface area contributed by atoms with E-state index in [1.54, 1.807) is 6.07 Å². The van der Waals surface area contributed by atoms with Gasteiger partial charge in [0, 0.05) is 51.0 Å². The standard InChI is InChI=1S/C20H23FN6/c1-15-12-19(26-6-2-3-7-26)24-20(23-15)27-10-8-25(9-11-27)18-5-4-17(21)13-16(18)14-22/h4-5,12-13H,2-3,6-11H2,1H3. The van der Waals surface area contributed by atoms with Crippen molar-refractivity contribution in [2.75, 3.05) is 54.0 Å². The fraction of sp³-hybridized carbons (Fsp3) is 0.450. The fourth-order valence-electron chi connectivity index (χ4n) is 3.81. The first kappa shape index (κ1) is 17.5. The van der Waals surface area contributed by atoms with Gasteiger partial charge in [0.05, 0.1) is 11.3 Å². The van der Waals surface area contributed by atoms with E-state index >= 15 is 0 Å². The Kier molecular flexibility index (Phi) is 4.80. The molecule has 2 aromatic rings. The molecule has 27 heavy (non-hydrogen) atoms. The van der Waals surface area contributed by atoms with Gasteiger partial charge in [-0.3, -0.25) is 0 Å². The molecular weight excluding hydrogens is 343 g/mol. The van der Waals surface area contributed by atoms with Crippen LogP contribution in [-0.4, -0.2) is 49.2 Å². The number of nitrogens with zero attached hydrogens (tertiary/aromatic N) is 6. The fourth-order valence-corrected chi connectivity index (χ4v) is 3.81. The molecule has 2 saturated heterocycles. The van der Waals surface area contributed by atoms with Gasteiger partial charge in [-0.1, -0.05) is 0 Å². The molecule has 1 aromatic carbocycles. The second-order valence-electron chi connectivity index (χ2n) is 7.11. The smallest absolute Gasteiger partial charge is 0.227 e. The first-order valence-electron chi connectivity index (χ1n) is 9.44. The van der Waals surface area contributed by atoms with Gasteiger partial charge in [0.25, 0.3) is 0 Å². The van der Waals surface area contributed by atoms with Crippen molar-refractivity contribution in [3.63, 3.8) is 0 Å². The van der Waals surface area contributed by atoms with E-state index in [-0.39, 0.29) is 5.82 Å². The van der Waals surface area contributed by atoms with Gasteiger partial charge in [-0.05, 0) is 38.0 Å². The SMILES string of the molecule is Cc1cc(N2CCCC2)nc(N2CCN(c3ccc(F)cc3C#N)CC2)n1. The van der Waals surface area contributed by atoms with Gasteiger partial charge in [-0.15, -0.1) is 0 Å². The molecule has 3 heterocycles. The Morgan fingerprint density at radius 2 is 1.63 bits per heavy atom. The highest BCUT2D eigenvalue weighted by Crippen LogP contribution is 2.25. The Labute approximate surface area is 158 Å². The van der Waals surface area contributed by atoms with E-state index in [0.717, 1.165) is 62.4 Å². The zero-order valence-corrected chi connectivity index (χ0v) is 15.5. The molecule has 7 heteroatoms. The summed E-state index contributed by atoms with van der Waals surface area (Å²) in [7, 11) is 0. The second kappa shape index (κ2) is 7.39. The van der Waals surface area contributed by atoms with Crippen molar-refractivity contribution in [3.8, 4) is 6.07 Å². The predicted octanol–water partition coefficient (Wildman–Crippen LogP) is 2.72. The van der Waals surface area contributed by atoms with Crippen molar-refractivity contribution in [2.24, 2.45) is 0 Å². The monoisotopic (exact) mass is 366 g/mol. The molecule has 0 N–H and O–H groups in total. The van der Waals surface area contributed by atoms with E-state index in [4.69, 9.17) is 4.98 Å². The molecule has 0 atom stereocenters. The zero-order chi connectivity index (χ0) is 18.8. The average molecular weight is 366 g/mol. The Balaban J connectivity index is 1.49. The number of benzene rings is 1. The summed E-state index contributed by atoms with van der Waals surface area (Å²) in [5, 5.41) is 9.29. The van der Waals surface area contributed by atoms with Crippen molar-refractivity contribution in [3.05, 3.63) is 41.3 Å². The van der Waals surface area contributed by atoms with Gasteiger partial charge in [-0.2, -0.15) is 10.2 Å². The highest BCUT2D eigenvalue weighted by Gasteiger charge is 2.23. The Morgan fingerprint density at radius 3 is 2.33 bits per heavy atom. The number of piperazine rings is 1. The molecule has 0 unspecified atom stereocenters. The van der Waals surface area contributed by atoms with Crippen LogP contribution in [0.2, 0.25) is 0 Å². The number of hydrogen-bond acceptors (Lipinski definition) is 6. The lowest BCUT2D eigenvalue weighted by Gasteiger charge is -2.36. The molecule has 0 aliphatic carbocycles. The maximum atomic E-state index is 13.4. The van der Waals surface area contributed by atoms with Gasteiger partial charge in [0.2, 0.25) is 5.95 Å². The van der Waals surface area contributed by atoms with E-state index in [1.165, 1.54) is 25.0 Å². The normalized spacial score (nSPS) is 17.3. The summed E-state index contributed by atoms with van der Waals surface area (Å²) in [5.74, 6) is 1.41. The minimum Gasteiger partial charge on any atom is -0.367 e. The average Bonchev–Trinajstić information content (AvgIpc) is 3.22. The molecule has 2 aliphatic rings. The van der Waals surface area contributed by atoms with Crippen molar-refractivity contribution < 1.29 is 4.39 Å². The molecule has 2 fully saturated rings. The first-order chi connectivity index (χ1) is 13.1. The number of halogens is 1. The summed E-state index contributed by atoms with van der Waals surface area (Å²) in [5.41, 5.74) is 2.16. The Hall–Kier alpha value is -2.88. The van der Waals surface area contributed by atoms with Crippen LogP contribution in [0.5, 0.6) is 0 Å². The minimum atomic E-state index is -0.378. The maximum absolute atomic E-state index is 13.4. The van der Waals surface area contributed by atoms with E-state index in [0.29, 0.717) is 5.56 Å². The van der Waals surface area contributed by atoms with Crippen LogP contribution in [-0.2, 0) is 0 Å². The highest BCUT2D eigenvalue weighted by atomic mass is 19.1. The van der Waals surface area contributed by atoms with Crippen LogP contribution >= 0.6 is 0 Å². The van der Waals surface area contributed by atoms with Crippen LogP contribution in [0.15, 0.2) is 24.3 Å². The molecule has 1 aromatic heterocycles. The third kappa shape index (κ3) is 3.65. The highest BCUT2D eigenvalue weighted by molar-refractivity contribution is 5.60. The lowest BCUT2D eigenvalue weighted by molar-refractivity contribution is 0.622. The summed E-state index contributed by atoms with van der Waals surface area (Å²) < 4.78 is 13.4. The van der Waals surface area contributed by atoms with Crippen molar-refractivity contribution >= 4 is 17.5 Å². The Bertz CT molecular complexity index is 863. The molecule has 4 rings (SSSR count). The van der Waals surface area contributed by atoms with Crippen molar-refractivity contribution in [2.45, 2.75) is 19.8 Å². The summed E-state index contributed by atoms with van der Waals surface area (Å²) in [6.45, 7) is 7.17. The maximum Gasteiger partial charge on any atom is 0.227 e. The van der Waals surface area contributed by atoms with E-state index in [1.807, 2.05) is 6.92 Å². The van der Waals surface area contributed by atoms with Gasteiger partial charge in [0.15, 0.2) is 0 Å². The summed E-state index contributed by atoms with van der Waals surface area (Å²) >= 11 is 0. The number of nitriles is 1. The van der Waals surface area contributed by atoms with Crippen LogP contribution in [0.1, 0.15) is 24.1 Å². The lowest BCUT2D eigenvalue weighted by Crippen LogP contribution is -2.47.